The zero-order valence-electron chi connectivity index (χ0n) is 43.8. The van der Waals surface area contributed by atoms with Crippen LogP contribution < -0.4 is 10.1 Å². The fraction of sp³-hybridized carbons (Fsp3) is 0.684. The van der Waals surface area contributed by atoms with Crippen LogP contribution in [0.2, 0.25) is 0 Å². The summed E-state index contributed by atoms with van der Waals surface area (Å²) in [6.45, 7) is 11.2. The van der Waals surface area contributed by atoms with Crippen LogP contribution in [0.1, 0.15) is 122 Å². The first-order chi connectivity index (χ1) is 35.2. The topological polar surface area (TPSA) is 235 Å². The minimum atomic E-state index is -1.72. The van der Waals surface area contributed by atoms with Gasteiger partial charge in [-0.2, -0.15) is 0 Å². The Kier molecular flexibility index (Phi) is 15.8. The molecule has 6 fully saturated rings. The quantitative estimate of drug-likeness (QED) is 0.0700. The third kappa shape index (κ3) is 9.93. The van der Waals surface area contributed by atoms with Gasteiger partial charge in [0.2, 0.25) is 0 Å². The number of carbonyl (C=O) groups is 4. The van der Waals surface area contributed by atoms with Crippen molar-refractivity contribution in [2.75, 3.05) is 20.3 Å². The number of esters is 2. The zero-order chi connectivity index (χ0) is 52.9. The number of nitrogens with one attached hydrogen (secondary N) is 1. The van der Waals surface area contributed by atoms with E-state index in [4.69, 9.17) is 37.9 Å². The minimum absolute atomic E-state index is 0.0712. The number of ketones is 1. The average molecular weight is 1030 g/mol. The minimum Gasteiger partial charge on any atom is -0.497 e. The smallest absolute Gasteiger partial charge is 0.407 e. The second-order valence-electron chi connectivity index (χ2n) is 23.1. The standard InChI is InChI=1S/C57H77NO16/c1-31(2)13-20-42(60)32(3)57(66)45(72-52-49(70-33(4)59)47(44(62)30-69-52)74-51-48(46(63)43(61)29-68-51)73-50(64)35-14-17-38(67-7)18-15-35)27-56-40-19-16-36-25-39(71-53(65)58-28-34-11-9-8-10-12-34)22-23-54(36,5)37(26-41(40)56)21-24-55(56,57)6/h8-12,14-18,31-32,37,39-41,43-49,51-52,61-63,66H,13,19-30H2,1-7H3,(H,58,65)/b36-16-/t32-,37?,39+,40?,41?,43?,44?,45+,46?,47?,48?,49?,51?,52?,54+,55+,56+,57-/m1/s1. The van der Waals surface area contributed by atoms with Crippen molar-refractivity contribution in [3.63, 3.8) is 0 Å². The predicted octanol–water partition coefficient (Wildman–Crippen LogP) is 6.35. The highest BCUT2D eigenvalue weighted by atomic mass is 16.8. The van der Waals surface area contributed by atoms with Gasteiger partial charge in [0.15, 0.2) is 24.8 Å². The molecule has 2 bridgehead atoms. The van der Waals surface area contributed by atoms with Crippen LogP contribution in [-0.2, 0) is 49.3 Å². The van der Waals surface area contributed by atoms with Gasteiger partial charge in [0.25, 0.3) is 0 Å². The summed E-state index contributed by atoms with van der Waals surface area (Å²) in [6, 6.07) is 15.8. The van der Waals surface area contributed by atoms with E-state index in [1.807, 2.05) is 37.3 Å². The number of rotatable bonds is 16. The fourth-order valence-corrected chi connectivity index (χ4v) is 14.5. The summed E-state index contributed by atoms with van der Waals surface area (Å²) in [6.07, 6.45) is -4.86. The molecule has 11 unspecified atom stereocenters. The molecule has 2 aromatic carbocycles. The van der Waals surface area contributed by atoms with Crippen LogP contribution >= 0.6 is 0 Å². The molecule has 0 aromatic heterocycles. The van der Waals surface area contributed by atoms with Gasteiger partial charge >= 0.3 is 18.0 Å². The maximum atomic E-state index is 14.5. The van der Waals surface area contributed by atoms with Gasteiger partial charge in [-0.1, -0.05) is 76.6 Å². The van der Waals surface area contributed by atoms with Crippen LogP contribution in [0.3, 0.4) is 0 Å². The lowest BCUT2D eigenvalue weighted by Crippen LogP contribution is -2.64. The van der Waals surface area contributed by atoms with E-state index in [0.717, 1.165) is 37.7 Å². The van der Waals surface area contributed by atoms with Crippen LogP contribution in [-0.4, -0.2) is 132 Å². The summed E-state index contributed by atoms with van der Waals surface area (Å²) in [4.78, 5) is 54.0. The number of hydrogen-bond acceptors (Lipinski definition) is 16. The third-order valence-electron chi connectivity index (χ3n) is 18.8. The van der Waals surface area contributed by atoms with Crippen molar-refractivity contribution in [3.8, 4) is 5.75 Å². The number of aliphatic hydroxyl groups is 4. The summed E-state index contributed by atoms with van der Waals surface area (Å²) in [5.74, 6) is -1.17. The molecule has 17 nitrogen and oxygen atoms in total. The van der Waals surface area contributed by atoms with Crippen LogP contribution in [0.15, 0.2) is 66.2 Å². The third-order valence-corrected chi connectivity index (χ3v) is 18.8. The zero-order valence-corrected chi connectivity index (χ0v) is 43.8. The number of amides is 1. The molecule has 2 aromatic rings. The Hall–Kier alpha value is -4.46. The summed E-state index contributed by atoms with van der Waals surface area (Å²) >= 11 is 0. The van der Waals surface area contributed by atoms with Crippen LogP contribution in [0.25, 0.3) is 0 Å². The molecule has 1 spiro atoms. The SMILES string of the molecule is COc1ccc(C(=O)OC2C(OC3C(O)COC(O[C@H]4C[C@@]56C7C/C=C8/C[C@@H](OC(=O)NCc9ccccc9)CC[C@]8(C)C(CC[C@]5(C)[C@@]4(O)[C@H](C)C(=O)CCC(C)C)CC76)C3OC(C)=O)OCC(O)C2O)cc1. The van der Waals surface area contributed by atoms with Gasteiger partial charge in [-0.15, -0.1) is 0 Å². The van der Waals surface area contributed by atoms with Crippen molar-refractivity contribution >= 4 is 23.8 Å². The normalized spacial score (nSPS) is 40.3. The lowest BCUT2D eigenvalue weighted by atomic mass is 9.57. The van der Waals surface area contributed by atoms with E-state index in [1.165, 1.54) is 31.7 Å². The van der Waals surface area contributed by atoms with Crippen molar-refractivity contribution < 1.29 is 77.5 Å². The number of methoxy groups -OCH3 is 1. The number of fused-ring (bicyclic) bond motifs is 3. The van der Waals surface area contributed by atoms with Gasteiger partial charge in [0.1, 0.15) is 47.7 Å². The fourth-order valence-electron chi connectivity index (χ4n) is 14.5. The maximum absolute atomic E-state index is 14.5. The molecule has 5 N–H and O–H groups in total. The van der Waals surface area contributed by atoms with Crippen molar-refractivity contribution in [1.29, 1.82) is 0 Å². The number of allylic oxidation sites excluding steroid dienone is 1. The molecule has 4 saturated carbocycles. The summed E-state index contributed by atoms with van der Waals surface area (Å²) in [7, 11) is 1.48. The number of hydrogen-bond donors (Lipinski definition) is 5. The van der Waals surface area contributed by atoms with E-state index in [-0.39, 0.29) is 59.6 Å². The number of aliphatic hydroxyl groups excluding tert-OH is 3. The Morgan fingerprint density at radius 3 is 2.22 bits per heavy atom. The lowest BCUT2D eigenvalue weighted by molar-refractivity contribution is -0.345. The first-order valence-electron chi connectivity index (χ1n) is 26.8. The highest BCUT2D eigenvalue weighted by molar-refractivity contribution is 5.89. The molecule has 9 rings (SSSR count). The van der Waals surface area contributed by atoms with Gasteiger partial charge in [-0.3, -0.25) is 9.59 Å². The molecular weight excluding hydrogens is 955 g/mol. The molecule has 2 aliphatic heterocycles. The van der Waals surface area contributed by atoms with Crippen LogP contribution in [0.4, 0.5) is 4.79 Å². The molecule has 74 heavy (non-hydrogen) atoms. The number of benzene rings is 2. The largest absolute Gasteiger partial charge is 0.497 e. The van der Waals surface area contributed by atoms with Gasteiger partial charge in [-0.05, 0) is 116 Å². The van der Waals surface area contributed by atoms with E-state index in [9.17, 15) is 39.6 Å². The lowest BCUT2D eigenvalue weighted by Gasteiger charge is -2.51. The molecule has 1 amide bonds. The number of Topliss-reactive ketones (excluding diaryl/α,β-unsaturated/α-hetero) is 1. The highest BCUT2D eigenvalue weighted by Gasteiger charge is 2.84. The molecule has 406 valence electrons. The molecule has 17 heteroatoms. The first kappa shape index (κ1) is 54.3. The van der Waals surface area contributed by atoms with E-state index >= 15 is 0 Å². The average Bonchev–Trinajstić information content (AvgIpc) is 3.98. The van der Waals surface area contributed by atoms with Crippen molar-refractivity contribution in [1.82, 2.24) is 5.32 Å². The number of carbonyl (C=O) groups excluding carboxylic acids is 4. The molecule has 2 saturated heterocycles. The second-order valence-corrected chi connectivity index (χ2v) is 23.1. The molecule has 7 aliphatic rings. The summed E-state index contributed by atoms with van der Waals surface area (Å²) < 4.78 is 48.3. The number of alkyl carbamates (subject to hydrolysis) is 1. The van der Waals surface area contributed by atoms with Crippen molar-refractivity contribution in [3.05, 3.63) is 77.4 Å². The Bertz CT molecular complexity index is 2380. The van der Waals surface area contributed by atoms with Gasteiger partial charge < -0.3 is 63.6 Å². The monoisotopic (exact) mass is 1030 g/mol. The number of ether oxygens (including phenoxy) is 8. The van der Waals surface area contributed by atoms with Gasteiger partial charge in [0.05, 0.1) is 32.0 Å². The first-order valence-corrected chi connectivity index (χ1v) is 26.8. The van der Waals surface area contributed by atoms with Crippen LogP contribution in [0.5, 0.6) is 5.75 Å². The van der Waals surface area contributed by atoms with Gasteiger partial charge in [-0.25, -0.2) is 9.59 Å². The van der Waals surface area contributed by atoms with E-state index in [2.05, 4.69) is 39.1 Å². The predicted molar refractivity (Wildman–Crippen MR) is 266 cm³/mol. The van der Waals surface area contributed by atoms with Crippen molar-refractivity contribution in [2.45, 2.75) is 179 Å². The molecule has 0 radical (unpaired) electrons. The second kappa shape index (κ2) is 21.5. The van der Waals surface area contributed by atoms with E-state index < -0.39 is 102 Å². The Labute approximate surface area is 433 Å². The Morgan fingerprint density at radius 2 is 1.53 bits per heavy atom. The molecule has 2 heterocycles. The van der Waals surface area contributed by atoms with E-state index in [1.54, 1.807) is 12.1 Å². The Balaban J connectivity index is 0.986. The maximum Gasteiger partial charge on any atom is 0.407 e. The van der Waals surface area contributed by atoms with Gasteiger partial charge in [0, 0.05) is 37.6 Å². The molecule has 5 aliphatic carbocycles. The Morgan fingerprint density at radius 1 is 0.824 bits per heavy atom. The summed E-state index contributed by atoms with van der Waals surface area (Å²) in [5, 5.41) is 50.3. The molecule has 18 atom stereocenters. The van der Waals surface area contributed by atoms with Crippen molar-refractivity contribution in [2.24, 2.45) is 45.8 Å². The molecular formula is C57H77NO16. The van der Waals surface area contributed by atoms with Crippen LogP contribution in [0, 0.1) is 45.8 Å². The van der Waals surface area contributed by atoms with E-state index in [0.29, 0.717) is 38.0 Å². The summed E-state index contributed by atoms with van der Waals surface area (Å²) in [5.41, 5.74) is -0.722. The highest BCUT2D eigenvalue weighted by Crippen LogP contribution is 2.84.